The van der Waals surface area contributed by atoms with E-state index in [0.29, 0.717) is 17.4 Å². The predicted molar refractivity (Wildman–Crippen MR) is 83.7 cm³/mol. The number of benzene rings is 1. The van der Waals surface area contributed by atoms with Crippen LogP contribution < -0.4 is 10.5 Å². The maximum atomic E-state index is 12.2. The number of nitrogens with zero attached hydrogens (tertiary/aromatic N) is 1. The lowest BCUT2D eigenvalue weighted by Crippen LogP contribution is -2.42. The Kier molecular flexibility index (Phi) is 5.03. The smallest absolute Gasteiger partial charge is 0.248 e. The molecule has 21 heavy (non-hydrogen) atoms. The van der Waals surface area contributed by atoms with Crippen molar-refractivity contribution in [2.24, 2.45) is 11.7 Å². The fourth-order valence-corrected chi connectivity index (χ4v) is 2.82. The molecule has 2 atom stereocenters. The van der Waals surface area contributed by atoms with E-state index in [0.717, 1.165) is 10.8 Å². The van der Waals surface area contributed by atoms with E-state index in [2.05, 4.69) is 9.71 Å². The molecule has 5 nitrogen and oxygen atoms in total. The third kappa shape index (κ3) is 4.09. The van der Waals surface area contributed by atoms with Crippen molar-refractivity contribution in [3.8, 4) is 0 Å². The SMILES string of the molecule is CC(C)CC(N)C(=O)NS(=O)c1cc2ccccc2cn1. The molecule has 0 aliphatic heterocycles. The van der Waals surface area contributed by atoms with Gasteiger partial charge in [0, 0.05) is 11.6 Å². The highest BCUT2D eigenvalue weighted by Gasteiger charge is 2.18. The lowest BCUT2D eigenvalue weighted by atomic mass is 10.0. The number of carbonyl (C=O) groups is 1. The topological polar surface area (TPSA) is 85.1 Å². The monoisotopic (exact) mass is 305 g/mol. The van der Waals surface area contributed by atoms with Crippen LogP contribution in [-0.2, 0) is 15.8 Å². The van der Waals surface area contributed by atoms with Crippen LogP contribution in [0.2, 0.25) is 0 Å². The fourth-order valence-electron chi connectivity index (χ4n) is 2.00. The van der Waals surface area contributed by atoms with Gasteiger partial charge in [-0.1, -0.05) is 38.1 Å². The third-order valence-electron chi connectivity index (χ3n) is 3.05. The average molecular weight is 305 g/mol. The number of nitrogens with two attached hydrogens (primary N) is 1. The maximum Gasteiger partial charge on any atom is 0.248 e. The van der Waals surface area contributed by atoms with Crippen LogP contribution in [-0.4, -0.2) is 21.1 Å². The largest absolute Gasteiger partial charge is 0.320 e. The van der Waals surface area contributed by atoms with Gasteiger partial charge in [0.25, 0.3) is 0 Å². The number of hydrogen-bond donors (Lipinski definition) is 2. The van der Waals surface area contributed by atoms with Crippen molar-refractivity contribution in [2.45, 2.75) is 31.3 Å². The molecule has 0 bridgehead atoms. The Bertz CT molecular complexity index is 673. The summed E-state index contributed by atoms with van der Waals surface area (Å²) in [7, 11) is -1.70. The van der Waals surface area contributed by atoms with Crippen LogP contribution in [0.4, 0.5) is 0 Å². The average Bonchev–Trinajstić information content (AvgIpc) is 2.45. The van der Waals surface area contributed by atoms with E-state index < -0.39 is 22.9 Å². The summed E-state index contributed by atoms with van der Waals surface area (Å²) < 4.78 is 14.6. The van der Waals surface area contributed by atoms with Crippen molar-refractivity contribution in [1.29, 1.82) is 0 Å². The summed E-state index contributed by atoms with van der Waals surface area (Å²) in [6.45, 7) is 3.96. The number of nitrogens with one attached hydrogen (secondary N) is 1. The van der Waals surface area contributed by atoms with Crippen molar-refractivity contribution in [2.75, 3.05) is 0 Å². The Morgan fingerprint density at radius 1 is 1.33 bits per heavy atom. The number of amides is 1. The molecule has 1 aromatic heterocycles. The van der Waals surface area contributed by atoms with Crippen LogP contribution in [0, 0.1) is 5.92 Å². The van der Waals surface area contributed by atoms with E-state index in [-0.39, 0.29) is 0 Å². The van der Waals surface area contributed by atoms with E-state index in [1.807, 2.05) is 38.1 Å². The van der Waals surface area contributed by atoms with E-state index in [1.165, 1.54) is 0 Å². The summed E-state index contributed by atoms with van der Waals surface area (Å²) in [6.07, 6.45) is 2.19. The van der Waals surface area contributed by atoms with Crippen LogP contribution >= 0.6 is 0 Å². The van der Waals surface area contributed by atoms with E-state index >= 15 is 0 Å². The van der Waals surface area contributed by atoms with Crippen molar-refractivity contribution < 1.29 is 9.00 Å². The molecule has 0 spiro atoms. The first-order valence-electron chi connectivity index (χ1n) is 6.80. The standard InChI is InChI=1S/C15H19N3O2S/c1-10(2)7-13(16)15(19)18-21(20)14-8-11-5-3-4-6-12(11)9-17-14/h3-6,8-10,13H,7,16H2,1-2H3,(H,18,19). The Morgan fingerprint density at radius 3 is 2.67 bits per heavy atom. The molecule has 0 aliphatic carbocycles. The van der Waals surface area contributed by atoms with Crippen LogP contribution in [0.3, 0.4) is 0 Å². The highest BCUT2D eigenvalue weighted by atomic mass is 32.2. The Balaban J connectivity index is 2.09. The maximum absolute atomic E-state index is 12.2. The molecule has 0 radical (unpaired) electrons. The number of fused-ring (bicyclic) bond motifs is 1. The van der Waals surface area contributed by atoms with Crippen LogP contribution in [0.5, 0.6) is 0 Å². The first kappa shape index (κ1) is 15.6. The molecule has 112 valence electrons. The molecule has 0 saturated heterocycles. The lowest BCUT2D eigenvalue weighted by molar-refractivity contribution is -0.120. The molecule has 0 aliphatic rings. The van der Waals surface area contributed by atoms with Crippen LogP contribution in [0.15, 0.2) is 41.6 Å². The molecular weight excluding hydrogens is 286 g/mol. The zero-order chi connectivity index (χ0) is 15.4. The second kappa shape index (κ2) is 6.78. The van der Waals surface area contributed by atoms with E-state index in [1.54, 1.807) is 12.3 Å². The Hall–Kier alpha value is -1.79. The molecule has 6 heteroatoms. The van der Waals surface area contributed by atoms with Crippen molar-refractivity contribution in [1.82, 2.24) is 9.71 Å². The molecule has 2 unspecified atom stereocenters. The number of aromatic nitrogens is 1. The summed E-state index contributed by atoms with van der Waals surface area (Å²) in [5.74, 6) is -0.116. The molecule has 2 rings (SSSR count). The van der Waals surface area contributed by atoms with Gasteiger partial charge in [0.1, 0.15) is 5.03 Å². The van der Waals surface area contributed by atoms with Gasteiger partial charge in [-0.15, -0.1) is 0 Å². The summed E-state index contributed by atoms with van der Waals surface area (Å²) in [6, 6.07) is 8.68. The summed E-state index contributed by atoms with van der Waals surface area (Å²) in [5, 5.41) is 2.21. The third-order valence-corrected chi connectivity index (χ3v) is 4.04. The van der Waals surface area contributed by atoms with E-state index in [9.17, 15) is 9.00 Å². The van der Waals surface area contributed by atoms with Gasteiger partial charge in [-0.3, -0.25) is 9.52 Å². The number of hydrogen-bond acceptors (Lipinski definition) is 4. The molecule has 3 N–H and O–H groups in total. The Labute approximate surface area is 126 Å². The summed E-state index contributed by atoms with van der Waals surface area (Å²) >= 11 is 0. The van der Waals surface area contributed by atoms with Gasteiger partial charge in [-0.05, 0) is 23.8 Å². The first-order chi connectivity index (χ1) is 9.97. The van der Waals surface area contributed by atoms with Crippen LogP contribution in [0.25, 0.3) is 10.8 Å². The minimum Gasteiger partial charge on any atom is -0.320 e. The van der Waals surface area contributed by atoms with Crippen molar-refractivity contribution in [3.63, 3.8) is 0 Å². The summed E-state index contributed by atoms with van der Waals surface area (Å²) in [4.78, 5) is 16.0. The van der Waals surface area contributed by atoms with Gasteiger partial charge in [0.05, 0.1) is 6.04 Å². The van der Waals surface area contributed by atoms with Gasteiger partial charge < -0.3 is 5.73 Å². The number of pyridine rings is 1. The molecule has 1 amide bonds. The quantitative estimate of drug-likeness (QED) is 0.881. The van der Waals surface area contributed by atoms with Gasteiger partial charge in [0.2, 0.25) is 5.91 Å². The van der Waals surface area contributed by atoms with Gasteiger partial charge in [-0.25, -0.2) is 9.19 Å². The van der Waals surface area contributed by atoms with Crippen LogP contribution in [0.1, 0.15) is 20.3 Å². The van der Waals surface area contributed by atoms with Crippen molar-refractivity contribution in [3.05, 3.63) is 36.5 Å². The highest BCUT2D eigenvalue weighted by Crippen LogP contribution is 2.14. The first-order valence-corrected chi connectivity index (χ1v) is 7.95. The second-order valence-electron chi connectivity index (χ2n) is 5.34. The van der Waals surface area contributed by atoms with Crippen molar-refractivity contribution >= 4 is 27.7 Å². The zero-order valence-corrected chi connectivity index (χ0v) is 12.9. The molecule has 2 aromatic rings. The number of rotatable bonds is 5. The summed E-state index contributed by atoms with van der Waals surface area (Å²) in [5.41, 5.74) is 5.77. The molecule has 1 heterocycles. The number of carbonyl (C=O) groups excluding carboxylic acids is 1. The molecule has 0 saturated carbocycles. The van der Waals surface area contributed by atoms with Gasteiger partial charge in [0.15, 0.2) is 11.0 Å². The van der Waals surface area contributed by atoms with Gasteiger partial charge >= 0.3 is 0 Å². The minimum atomic E-state index is -1.70. The molecule has 0 fully saturated rings. The Morgan fingerprint density at radius 2 is 2.00 bits per heavy atom. The minimum absolute atomic E-state index is 0.304. The fraction of sp³-hybridized carbons (Fsp3) is 0.333. The molecule has 1 aromatic carbocycles. The molecular formula is C15H19N3O2S. The lowest BCUT2D eigenvalue weighted by Gasteiger charge is -2.13. The van der Waals surface area contributed by atoms with E-state index in [4.69, 9.17) is 5.73 Å². The highest BCUT2D eigenvalue weighted by molar-refractivity contribution is 7.83. The normalized spacial score (nSPS) is 14.1. The zero-order valence-electron chi connectivity index (χ0n) is 12.1. The second-order valence-corrected chi connectivity index (χ2v) is 6.50. The predicted octanol–water partition coefficient (Wildman–Crippen LogP) is 1.75. The van der Waals surface area contributed by atoms with Gasteiger partial charge in [-0.2, -0.15) is 0 Å².